The first kappa shape index (κ1) is 18.2. The van der Waals surface area contributed by atoms with Gasteiger partial charge in [-0.25, -0.2) is 0 Å². The van der Waals surface area contributed by atoms with Crippen molar-refractivity contribution in [1.29, 1.82) is 0 Å². The second-order valence-electron chi connectivity index (χ2n) is 7.94. The lowest BCUT2D eigenvalue weighted by Crippen LogP contribution is -2.38. The molecule has 0 aliphatic carbocycles. The molecule has 4 rings (SSSR count). The highest BCUT2D eigenvalue weighted by atomic mass is 16.3. The molecule has 2 aliphatic rings. The molecule has 0 unspecified atom stereocenters. The lowest BCUT2D eigenvalue weighted by Gasteiger charge is -2.34. The van der Waals surface area contributed by atoms with Crippen molar-refractivity contribution in [3.63, 3.8) is 0 Å². The second kappa shape index (κ2) is 8.24. The van der Waals surface area contributed by atoms with Gasteiger partial charge in [-0.1, -0.05) is 42.5 Å². The van der Waals surface area contributed by atoms with Crippen LogP contribution in [0.1, 0.15) is 42.1 Å². The number of hydrogen-bond donors (Lipinski definition) is 2. The van der Waals surface area contributed by atoms with Crippen LogP contribution in [-0.4, -0.2) is 35.5 Å². The minimum atomic E-state index is -0.483. The van der Waals surface area contributed by atoms with E-state index < -0.39 is 6.10 Å². The summed E-state index contributed by atoms with van der Waals surface area (Å²) >= 11 is 0. The Morgan fingerprint density at radius 1 is 1.15 bits per heavy atom. The van der Waals surface area contributed by atoms with E-state index in [1.165, 1.54) is 18.4 Å². The number of nitrogens with one attached hydrogen (secondary N) is 1. The molecular weight excluding hydrogens is 336 g/mol. The minimum Gasteiger partial charge on any atom is -0.387 e. The van der Waals surface area contributed by atoms with Crippen molar-refractivity contribution in [2.24, 2.45) is 5.92 Å². The highest BCUT2D eigenvalue weighted by molar-refractivity contribution is 5.93. The van der Waals surface area contributed by atoms with Gasteiger partial charge < -0.3 is 15.3 Å². The summed E-state index contributed by atoms with van der Waals surface area (Å²) in [5, 5.41) is 13.7. The van der Waals surface area contributed by atoms with Gasteiger partial charge >= 0.3 is 0 Å². The van der Waals surface area contributed by atoms with Crippen LogP contribution in [0.4, 0.5) is 5.69 Å². The summed E-state index contributed by atoms with van der Waals surface area (Å²) in [6, 6.07) is 16.6. The van der Waals surface area contributed by atoms with Crippen molar-refractivity contribution < 1.29 is 9.90 Å². The second-order valence-corrected chi connectivity index (χ2v) is 7.94. The van der Waals surface area contributed by atoms with Crippen LogP contribution in [0.5, 0.6) is 0 Å². The van der Waals surface area contributed by atoms with Crippen molar-refractivity contribution in [2.45, 2.75) is 38.2 Å². The largest absolute Gasteiger partial charge is 0.387 e. The summed E-state index contributed by atoms with van der Waals surface area (Å²) in [5.74, 6) is 0.737. The molecular formula is C23H28N2O2. The summed E-state index contributed by atoms with van der Waals surface area (Å²) in [5.41, 5.74) is 4.38. The lowest BCUT2D eigenvalue weighted by atomic mass is 9.91. The number of aryl methyl sites for hydroxylation is 1. The van der Waals surface area contributed by atoms with Gasteiger partial charge in [0.2, 0.25) is 5.91 Å². The average molecular weight is 364 g/mol. The maximum Gasteiger partial charge on any atom is 0.224 e. The molecule has 2 aromatic carbocycles. The predicted octanol–water partition coefficient (Wildman–Crippen LogP) is 3.56. The number of aliphatic hydroxyl groups is 1. The van der Waals surface area contributed by atoms with Crippen LogP contribution in [0.3, 0.4) is 0 Å². The number of β-amino-alcohol motifs (C(OH)–C–C–N with tert-alkyl or cyclic N) is 1. The number of piperidine rings is 1. The van der Waals surface area contributed by atoms with E-state index in [4.69, 9.17) is 0 Å². The van der Waals surface area contributed by atoms with Gasteiger partial charge in [0.25, 0.3) is 0 Å². The number of hydrogen-bond acceptors (Lipinski definition) is 3. The third-order valence-corrected chi connectivity index (χ3v) is 5.81. The van der Waals surface area contributed by atoms with Gasteiger partial charge in [0, 0.05) is 25.2 Å². The normalized spacial score (nSPS) is 21.4. The Morgan fingerprint density at radius 3 is 2.85 bits per heavy atom. The fraction of sp³-hybridized carbons (Fsp3) is 0.435. The summed E-state index contributed by atoms with van der Waals surface area (Å²) < 4.78 is 0. The van der Waals surface area contributed by atoms with Gasteiger partial charge in [0.15, 0.2) is 0 Å². The molecule has 27 heavy (non-hydrogen) atoms. The molecule has 1 fully saturated rings. The van der Waals surface area contributed by atoms with E-state index in [1.807, 2.05) is 12.1 Å². The van der Waals surface area contributed by atoms with Crippen molar-refractivity contribution in [1.82, 2.24) is 4.90 Å². The molecule has 0 spiro atoms. The molecule has 2 heterocycles. The van der Waals surface area contributed by atoms with Gasteiger partial charge in [-0.15, -0.1) is 0 Å². The van der Waals surface area contributed by atoms with E-state index in [0.717, 1.165) is 42.7 Å². The highest BCUT2D eigenvalue weighted by Gasteiger charge is 2.23. The van der Waals surface area contributed by atoms with Crippen molar-refractivity contribution in [3.8, 4) is 0 Å². The Kier molecular flexibility index (Phi) is 5.55. The third-order valence-electron chi connectivity index (χ3n) is 5.81. The first-order valence-corrected chi connectivity index (χ1v) is 10.0. The number of nitrogens with zero attached hydrogens (tertiary/aromatic N) is 1. The Balaban J connectivity index is 1.36. The minimum absolute atomic E-state index is 0.0774. The van der Waals surface area contributed by atoms with E-state index in [-0.39, 0.29) is 5.91 Å². The van der Waals surface area contributed by atoms with Crippen LogP contribution in [0.15, 0.2) is 48.5 Å². The first-order valence-electron chi connectivity index (χ1n) is 10.0. The first-order chi connectivity index (χ1) is 13.2. The van der Waals surface area contributed by atoms with Crippen LogP contribution in [0, 0.1) is 5.92 Å². The average Bonchev–Trinajstić information content (AvgIpc) is 2.68. The monoisotopic (exact) mass is 364 g/mol. The van der Waals surface area contributed by atoms with Crippen LogP contribution in [-0.2, 0) is 17.6 Å². The summed E-state index contributed by atoms with van der Waals surface area (Å²) in [4.78, 5) is 13.9. The van der Waals surface area contributed by atoms with Crippen molar-refractivity contribution in [2.75, 3.05) is 25.0 Å². The maximum absolute atomic E-state index is 11.5. The van der Waals surface area contributed by atoms with Crippen molar-refractivity contribution in [3.05, 3.63) is 65.2 Å². The van der Waals surface area contributed by atoms with Gasteiger partial charge in [-0.2, -0.15) is 0 Å². The molecule has 0 aromatic heterocycles. The molecule has 2 atom stereocenters. The zero-order valence-corrected chi connectivity index (χ0v) is 15.7. The zero-order valence-electron chi connectivity index (χ0n) is 15.7. The molecule has 0 bridgehead atoms. The fourth-order valence-electron chi connectivity index (χ4n) is 4.39. The standard InChI is InChI=1S/C23H28N2O2/c26-22(20-8-10-21-19(14-20)9-11-23(27)24-21)16-25-12-4-7-18(15-25)13-17-5-2-1-3-6-17/h1-3,5-6,8,10,14,18,22,26H,4,7,9,11-13,15-16H2,(H,24,27)/t18-,22+/m0/s1. The zero-order chi connectivity index (χ0) is 18.6. The number of carbonyl (C=O) groups is 1. The number of anilines is 1. The smallest absolute Gasteiger partial charge is 0.224 e. The third kappa shape index (κ3) is 4.57. The number of amides is 1. The van der Waals surface area contributed by atoms with Crippen LogP contribution in [0.25, 0.3) is 0 Å². The van der Waals surface area contributed by atoms with E-state index in [9.17, 15) is 9.90 Å². The number of aliphatic hydroxyl groups excluding tert-OH is 1. The molecule has 1 amide bonds. The number of benzene rings is 2. The van der Waals surface area contributed by atoms with Crippen molar-refractivity contribution >= 4 is 11.6 Å². The van der Waals surface area contributed by atoms with Crippen LogP contribution >= 0.6 is 0 Å². The maximum atomic E-state index is 11.5. The Bertz CT molecular complexity index is 790. The number of likely N-dealkylation sites (tertiary alicyclic amines) is 1. The van der Waals surface area contributed by atoms with Gasteiger partial charge in [-0.05, 0) is 60.9 Å². The molecule has 4 nitrogen and oxygen atoms in total. The molecule has 2 aromatic rings. The van der Waals surface area contributed by atoms with E-state index in [0.29, 0.717) is 18.9 Å². The summed E-state index contributed by atoms with van der Waals surface area (Å²) in [6.07, 6.45) is 4.38. The van der Waals surface area contributed by atoms with E-state index in [2.05, 4.69) is 46.6 Å². The number of fused-ring (bicyclic) bond motifs is 1. The molecule has 2 N–H and O–H groups in total. The topological polar surface area (TPSA) is 52.6 Å². The van der Waals surface area contributed by atoms with Gasteiger partial charge in [0.05, 0.1) is 6.10 Å². The molecule has 2 aliphatic heterocycles. The SMILES string of the molecule is O=C1CCc2cc([C@H](O)CN3CCC[C@@H](Cc4ccccc4)C3)ccc2N1. The van der Waals surface area contributed by atoms with Gasteiger partial charge in [0.1, 0.15) is 0 Å². The van der Waals surface area contributed by atoms with Gasteiger partial charge in [-0.3, -0.25) is 4.79 Å². The molecule has 0 radical (unpaired) electrons. The fourth-order valence-corrected chi connectivity index (χ4v) is 4.39. The van der Waals surface area contributed by atoms with E-state index >= 15 is 0 Å². The quantitative estimate of drug-likeness (QED) is 0.853. The summed E-state index contributed by atoms with van der Waals surface area (Å²) in [6.45, 7) is 2.78. The van der Waals surface area contributed by atoms with Crippen LogP contribution < -0.4 is 5.32 Å². The summed E-state index contributed by atoms with van der Waals surface area (Å²) in [7, 11) is 0. The Labute approximate surface area is 161 Å². The van der Waals surface area contributed by atoms with Crippen LogP contribution in [0.2, 0.25) is 0 Å². The number of carbonyl (C=O) groups excluding carboxylic acids is 1. The Hall–Kier alpha value is -2.17. The lowest BCUT2D eigenvalue weighted by molar-refractivity contribution is -0.116. The molecule has 142 valence electrons. The van der Waals surface area contributed by atoms with E-state index in [1.54, 1.807) is 0 Å². The molecule has 1 saturated heterocycles. The Morgan fingerprint density at radius 2 is 2.00 bits per heavy atom. The predicted molar refractivity (Wildman–Crippen MR) is 108 cm³/mol. The molecule has 0 saturated carbocycles. The number of rotatable bonds is 5. The molecule has 4 heteroatoms. The highest BCUT2D eigenvalue weighted by Crippen LogP contribution is 2.28.